The standard InChI is InChI=1S/C8H8ClNS/c9-8-2-1-6-4-10(11)5-7(6)3-8/h1-3,11H,4-5H2. The van der Waals surface area contributed by atoms with Crippen molar-refractivity contribution in [2.24, 2.45) is 0 Å². The smallest absolute Gasteiger partial charge is 0.0409 e. The van der Waals surface area contributed by atoms with E-state index in [9.17, 15) is 0 Å². The maximum absolute atomic E-state index is 5.83. The van der Waals surface area contributed by atoms with Gasteiger partial charge in [0.2, 0.25) is 0 Å². The molecule has 1 aliphatic heterocycles. The molecule has 1 aliphatic rings. The fourth-order valence-corrected chi connectivity index (χ4v) is 1.84. The number of halogens is 1. The monoisotopic (exact) mass is 185 g/mol. The summed E-state index contributed by atoms with van der Waals surface area (Å²) >= 11 is 10.1. The summed E-state index contributed by atoms with van der Waals surface area (Å²) in [5, 5.41) is 0.812. The predicted octanol–water partition coefficient (Wildman–Crippen LogP) is 2.50. The van der Waals surface area contributed by atoms with E-state index in [-0.39, 0.29) is 0 Å². The summed E-state index contributed by atoms with van der Waals surface area (Å²) in [5.74, 6) is 0. The molecule has 0 atom stereocenters. The quantitative estimate of drug-likeness (QED) is 0.608. The summed E-state index contributed by atoms with van der Waals surface area (Å²) < 4.78 is 1.97. The number of rotatable bonds is 0. The molecule has 1 aromatic carbocycles. The van der Waals surface area contributed by atoms with Crippen LogP contribution in [0.2, 0.25) is 5.02 Å². The van der Waals surface area contributed by atoms with Crippen LogP contribution < -0.4 is 0 Å². The molecule has 3 heteroatoms. The lowest BCUT2D eigenvalue weighted by Crippen LogP contribution is -1.99. The topological polar surface area (TPSA) is 3.24 Å². The van der Waals surface area contributed by atoms with Gasteiger partial charge in [-0.1, -0.05) is 30.5 Å². The van der Waals surface area contributed by atoms with Crippen molar-refractivity contribution in [1.29, 1.82) is 0 Å². The summed E-state index contributed by atoms with van der Waals surface area (Å²) in [6.45, 7) is 1.83. The Morgan fingerprint density at radius 1 is 1.27 bits per heavy atom. The Morgan fingerprint density at radius 2 is 2.00 bits per heavy atom. The van der Waals surface area contributed by atoms with Gasteiger partial charge < -0.3 is 0 Å². The third kappa shape index (κ3) is 1.39. The number of hydrogen-bond acceptors (Lipinski definition) is 2. The van der Waals surface area contributed by atoms with Crippen LogP contribution in [-0.4, -0.2) is 4.31 Å². The molecule has 58 valence electrons. The average Bonchev–Trinajstić information content (AvgIpc) is 2.27. The Kier molecular flexibility index (Phi) is 1.83. The summed E-state index contributed by atoms with van der Waals surface area (Å²) in [6.07, 6.45) is 0. The lowest BCUT2D eigenvalue weighted by molar-refractivity contribution is 0.516. The first-order chi connectivity index (χ1) is 5.25. The van der Waals surface area contributed by atoms with Gasteiger partial charge in [0.05, 0.1) is 0 Å². The van der Waals surface area contributed by atoms with Crippen LogP contribution in [0.5, 0.6) is 0 Å². The van der Waals surface area contributed by atoms with Crippen LogP contribution in [0.15, 0.2) is 18.2 Å². The van der Waals surface area contributed by atoms with Gasteiger partial charge in [-0.15, -0.1) is 0 Å². The Bertz CT molecular complexity index is 287. The number of fused-ring (bicyclic) bond motifs is 1. The second-order valence-corrected chi connectivity index (χ2v) is 3.74. The molecule has 0 radical (unpaired) electrons. The van der Waals surface area contributed by atoms with E-state index >= 15 is 0 Å². The third-order valence-electron chi connectivity index (χ3n) is 1.87. The van der Waals surface area contributed by atoms with Crippen molar-refractivity contribution in [2.45, 2.75) is 13.1 Å². The lowest BCUT2D eigenvalue weighted by atomic mass is 10.1. The molecule has 0 unspecified atom stereocenters. The van der Waals surface area contributed by atoms with Crippen LogP contribution >= 0.6 is 24.4 Å². The van der Waals surface area contributed by atoms with E-state index in [0.29, 0.717) is 0 Å². The Labute approximate surface area is 76.5 Å². The summed E-state index contributed by atoms with van der Waals surface area (Å²) in [6, 6.07) is 5.99. The highest BCUT2D eigenvalue weighted by Crippen LogP contribution is 2.26. The molecule has 0 fully saturated rings. The van der Waals surface area contributed by atoms with Crippen molar-refractivity contribution in [3.05, 3.63) is 34.3 Å². The van der Waals surface area contributed by atoms with Crippen LogP contribution in [0.25, 0.3) is 0 Å². The van der Waals surface area contributed by atoms with Crippen LogP contribution in [0.3, 0.4) is 0 Å². The van der Waals surface area contributed by atoms with Crippen molar-refractivity contribution >= 4 is 24.4 Å². The Balaban J connectivity index is 2.43. The van der Waals surface area contributed by atoms with Crippen molar-refractivity contribution in [3.63, 3.8) is 0 Å². The minimum atomic E-state index is 0.812. The van der Waals surface area contributed by atoms with Gasteiger partial charge in [-0.2, -0.15) is 0 Å². The van der Waals surface area contributed by atoms with Gasteiger partial charge in [0.15, 0.2) is 0 Å². The molecule has 0 spiro atoms. The number of hydrogen-bond donors (Lipinski definition) is 1. The van der Waals surface area contributed by atoms with Gasteiger partial charge in [-0.25, -0.2) is 4.31 Å². The van der Waals surface area contributed by atoms with Crippen LogP contribution in [0, 0.1) is 0 Å². The van der Waals surface area contributed by atoms with Crippen LogP contribution in [0.1, 0.15) is 11.1 Å². The van der Waals surface area contributed by atoms with Crippen molar-refractivity contribution < 1.29 is 0 Å². The lowest BCUT2D eigenvalue weighted by Gasteiger charge is -2.00. The van der Waals surface area contributed by atoms with E-state index in [2.05, 4.69) is 18.9 Å². The fraction of sp³-hybridized carbons (Fsp3) is 0.250. The molecule has 2 rings (SSSR count). The molecule has 0 aliphatic carbocycles. The Morgan fingerprint density at radius 3 is 2.82 bits per heavy atom. The maximum atomic E-state index is 5.83. The highest BCUT2D eigenvalue weighted by molar-refractivity contribution is 7.77. The second-order valence-electron chi connectivity index (χ2n) is 2.74. The molecule has 11 heavy (non-hydrogen) atoms. The van der Waals surface area contributed by atoms with Crippen molar-refractivity contribution in [2.75, 3.05) is 0 Å². The van der Waals surface area contributed by atoms with Crippen LogP contribution in [0.4, 0.5) is 0 Å². The zero-order valence-electron chi connectivity index (χ0n) is 5.92. The SMILES string of the molecule is SN1Cc2ccc(Cl)cc2C1. The zero-order valence-corrected chi connectivity index (χ0v) is 7.57. The Hall–Kier alpha value is -0.180. The highest BCUT2D eigenvalue weighted by atomic mass is 35.5. The molecule has 1 nitrogen and oxygen atoms in total. The van der Waals surface area contributed by atoms with Gasteiger partial charge in [0.25, 0.3) is 0 Å². The molecule has 0 saturated carbocycles. The second kappa shape index (κ2) is 2.70. The average molecular weight is 186 g/mol. The molecule has 1 aromatic rings. The van der Waals surface area contributed by atoms with Gasteiger partial charge in [0, 0.05) is 18.1 Å². The first-order valence-corrected chi connectivity index (χ1v) is 4.24. The molecule has 0 saturated heterocycles. The molecule has 0 bridgehead atoms. The van der Waals surface area contributed by atoms with E-state index in [0.717, 1.165) is 18.1 Å². The van der Waals surface area contributed by atoms with E-state index in [4.69, 9.17) is 11.6 Å². The fourth-order valence-electron chi connectivity index (χ4n) is 1.35. The summed E-state index contributed by atoms with van der Waals surface area (Å²) in [4.78, 5) is 0. The zero-order chi connectivity index (χ0) is 7.84. The van der Waals surface area contributed by atoms with Crippen molar-refractivity contribution in [1.82, 2.24) is 4.31 Å². The number of nitrogens with zero attached hydrogens (tertiary/aromatic N) is 1. The molecule has 0 amide bonds. The van der Waals surface area contributed by atoms with E-state index < -0.39 is 0 Å². The third-order valence-corrected chi connectivity index (χ3v) is 2.39. The van der Waals surface area contributed by atoms with Gasteiger partial charge >= 0.3 is 0 Å². The number of benzene rings is 1. The van der Waals surface area contributed by atoms with Crippen LogP contribution in [-0.2, 0) is 13.1 Å². The van der Waals surface area contributed by atoms with Gasteiger partial charge in [-0.3, -0.25) is 0 Å². The maximum Gasteiger partial charge on any atom is 0.0409 e. The minimum absolute atomic E-state index is 0.812. The first-order valence-electron chi connectivity index (χ1n) is 3.47. The van der Waals surface area contributed by atoms with Gasteiger partial charge in [-0.05, 0) is 23.3 Å². The minimum Gasteiger partial charge on any atom is -0.244 e. The molecule has 1 heterocycles. The first kappa shape index (κ1) is 7.47. The summed E-state index contributed by atoms with van der Waals surface area (Å²) in [7, 11) is 0. The van der Waals surface area contributed by atoms with Gasteiger partial charge in [0.1, 0.15) is 0 Å². The summed E-state index contributed by atoms with van der Waals surface area (Å²) in [5.41, 5.74) is 2.64. The molecular weight excluding hydrogens is 178 g/mol. The molecule has 0 aromatic heterocycles. The highest BCUT2D eigenvalue weighted by Gasteiger charge is 2.15. The van der Waals surface area contributed by atoms with E-state index in [1.807, 2.05) is 16.4 Å². The molecule has 0 N–H and O–H groups in total. The molecular formula is C8H8ClNS. The van der Waals surface area contributed by atoms with E-state index in [1.54, 1.807) is 0 Å². The normalized spacial score (nSPS) is 16.9. The predicted molar refractivity (Wildman–Crippen MR) is 49.7 cm³/mol. The largest absolute Gasteiger partial charge is 0.244 e. The number of thiol groups is 1. The van der Waals surface area contributed by atoms with Crippen molar-refractivity contribution in [3.8, 4) is 0 Å². The van der Waals surface area contributed by atoms with E-state index in [1.165, 1.54) is 11.1 Å².